The zero-order valence-corrected chi connectivity index (χ0v) is 17.5. The Kier molecular flexibility index (Phi) is 6.68. The van der Waals surface area contributed by atoms with Crippen molar-refractivity contribution in [3.8, 4) is 5.75 Å². The van der Waals surface area contributed by atoms with Crippen LogP contribution in [-0.2, 0) is 0 Å². The molecule has 0 aliphatic heterocycles. The molecule has 0 bridgehead atoms. The van der Waals surface area contributed by atoms with E-state index < -0.39 is 6.10 Å². The number of hydrogen-bond donors (Lipinski definition) is 3. The number of aliphatic hydroxyl groups excluding tert-OH is 2. The minimum atomic E-state index is -0.838. The minimum Gasteiger partial charge on any atom is -0.491 e. The first-order chi connectivity index (χ1) is 14.6. The van der Waals surface area contributed by atoms with E-state index in [-0.39, 0.29) is 13.2 Å². The van der Waals surface area contributed by atoms with Crippen molar-refractivity contribution in [2.45, 2.75) is 50.3 Å². The van der Waals surface area contributed by atoms with Crippen LogP contribution in [0.15, 0.2) is 66.7 Å². The van der Waals surface area contributed by atoms with Gasteiger partial charge in [0.2, 0.25) is 0 Å². The second kappa shape index (κ2) is 9.61. The van der Waals surface area contributed by atoms with Gasteiger partial charge in [-0.2, -0.15) is 0 Å². The molecule has 1 fully saturated rings. The smallest absolute Gasteiger partial charge is 0.119 e. The zero-order valence-electron chi connectivity index (χ0n) is 17.5. The summed E-state index contributed by atoms with van der Waals surface area (Å²) in [5.41, 5.74) is 2.70. The first-order valence-corrected chi connectivity index (χ1v) is 10.9. The first-order valence-electron chi connectivity index (χ1n) is 10.9. The van der Waals surface area contributed by atoms with Crippen molar-refractivity contribution in [2.75, 3.05) is 13.2 Å². The van der Waals surface area contributed by atoms with Gasteiger partial charge in [-0.3, -0.25) is 0 Å². The Morgan fingerprint density at radius 1 is 1.00 bits per heavy atom. The molecule has 4 unspecified atom stereocenters. The molecule has 4 heteroatoms. The normalized spacial score (nSPS) is 20.9. The highest BCUT2D eigenvalue weighted by Gasteiger charge is 2.27. The van der Waals surface area contributed by atoms with Gasteiger partial charge in [-0.05, 0) is 66.1 Å². The third kappa shape index (κ3) is 4.84. The largest absolute Gasteiger partial charge is 0.491 e. The van der Waals surface area contributed by atoms with Crippen LogP contribution in [0.25, 0.3) is 10.8 Å². The van der Waals surface area contributed by atoms with Gasteiger partial charge in [0.1, 0.15) is 18.5 Å². The lowest BCUT2D eigenvalue weighted by Gasteiger charge is -2.21. The summed E-state index contributed by atoms with van der Waals surface area (Å²) >= 11 is 0. The van der Waals surface area contributed by atoms with Crippen molar-refractivity contribution in [1.82, 2.24) is 5.32 Å². The summed E-state index contributed by atoms with van der Waals surface area (Å²) in [7, 11) is 0. The fraction of sp³-hybridized carbons (Fsp3) is 0.385. The van der Waals surface area contributed by atoms with Crippen LogP contribution in [0.2, 0.25) is 0 Å². The van der Waals surface area contributed by atoms with E-state index >= 15 is 0 Å². The molecule has 4 rings (SSSR count). The molecular weight excluding hydrogens is 374 g/mol. The summed E-state index contributed by atoms with van der Waals surface area (Å²) < 4.78 is 5.51. The SMILES string of the molecule is CC(NC1CCC(c2ccc(OCC(O)CO)cc2)C1)c1cccc2ccccc12. The third-order valence-corrected chi connectivity index (χ3v) is 6.21. The standard InChI is InChI=1S/C26H31NO3/c1-18(25-8-4-6-20-5-2-3-7-26(20)25)27-22-12-9-21(15-22)19-10-13-24(14-11-19)30-17-23(29)16-28/h2-8,10-11,13-14,18,21-23,27-29H,9,12,15-17H2,1H3. The maximum Gasteiger partial charge on any atom is 0.119 e. The topological polar surface area (TPSA) is 61.7 Å². The average Bonchev–Trinajstić information content (AvgIpc) is 3.25. The van der Waals surface area contributed by atoms with Crippen LogP contribution in [-0.4, -0.2) is 35.6 Å². The molecule has 0 aromatic heterocycles. The zero-order chi connectivity index (χ0) is 20.9. The number of benzene rings is 3. The van der Waals surface area contributed by atoms with Crippen molar-refractivity contribution in [2.24, 2.45) is 0 Å². The van der Waals surface area contributed by atoms with Crippen molar-refractivity contribution in [3.05, 3.63) is 77.9 Å². The highest BCUT2D eigenvalue weighted by atomic mass is 16.5. The highest BCUT2D eigenvalue weighted by molar-refractivity contribution is 5.86. The van der Waals surface area contributed by atoms with Gasteiger partial charge in [0.15, 0.2) is 0 Å². The van der Waals surface area contributed by atoms with Crippen LogP contribution in [0.4, 0.5) is 0 Å². The Bertz CT molecular complexity index is 951. The van der Waals surface area contributed by atoms with Crippen LogP contribution >= 0.6 is 0 Å². The fourth-order valence-electron chi connectivity index (χ4n) is 4.59. The maximum absolute atomic E-state index is 9.41. The number of fused-ring (bicyclic) bond motifs is 1. The van der Waals surface area contributed by atoms with Crippen molar-refractivity contribution >= 4 is 10.8 Å². The summed E-state index contributed by atoms with van der Waals surface area (Å²) in [5, 5.41) is 24.8. The Morgan fingerprint density at radius 2 is 1.77 bits per heavy atom. The summed E-state index contributed by atoms with van der Waals surface area (Å²) in [5.74, 6) is 1.28. The van der Waals surface area contributed by atoms with Gasteiger partial charge in [0.05, 0.1) is 6.61 Å². The van der Waals surface area contributed by atoms with Gasteiger partial charge in [0.25, 0.3) is 0 Å². The maximum atomic E-state index is 9.41. The van der Waals surface area contributed by atoms with Gasteiger partial charge >= 0.3 is 0 Å². The van der Waals surface area contributed by atoms with Crippen LogP contribution < -0.4 is 10.1 Å². The first kappa shape index (κ1) is 20.9. The van der Waals surface area contributed by atoms with Crippen molar-refractivity contribution in [1.29, 1.82) is 0 Å². The minimum absolute atomic E-state index is 0.108. The molecule has 3 N–H and O–H groups in total. The Balaban J connectivity index is 1.35. The molecule has 158 valence electrons. The fourth-order valence-corrected chi connectivity index (χ4v) is 4.59. The predicted octanol–water partition coefficient (Wildman–Crippen LogP) is 4.56. The summed E-state index contributed by atoms with van der Waals surface area (Å²) in [6.45, 7) is 2.09. The van der Waals surface area contributed by atoms with Gasteiger partial charge in [0, 0.05) is 12.1 Å². The molecule has 3 aromatic rings. The van der Waals surface area contributed by atoms with E-state index in [2.05, 4.69) is 66.8 Å². The molecule has 4 nitrogen and oxygen atoms in total. The van der Waals surface area contributed by atoms with E-state index in [1.165, 1.54) is 34.7 Å². The molecule has 3 aromatic carbocycles. The van der Waals surface area contributed by atoms with E-state index in [1.807, 2.05) is 12.1 Å². The number of ether oxygens (including phenoxy) is 1. The van der Waals surface area contributed by atoms with Crippen molar-refractivity contribution < 1.29 is 14.9 Å². The van der Waals surface area contributed by atoms with E-state index in [4.69, 9.17) is 9.84 Å². The molecule has 1 aliphatic rings. The van der Waals surface area contributed by atoms with E-state index in [0.717, 1.165) is 12.2 Å². The molecule has 4 atom stereocenters. The molecular formula is C26H31NO3. The number of nitrogens with one attached hydrogen (secondary N) is 1. The van der Waals surface area contributed by atoms with Gasteiger partial charge in [-0.1, -0.05) is 54.6 Å². The summed E-state index contributed by atoms with van der Waals surface area (Å²) in [4.78, 5) is 0. The molecule has 0 heterocycles. The van der Waals surface area contributed by atoms with E-state index in [1.54, 1.807) is 0 Å². The molecule has 1 saturated carbocycles. The summed E-state index contributed by atoms with van der Waals surface area (Å²) in [6, 6.07) is 24.1. The lowest BCUT2D eigenvalue weighted by atomic mass is 9.96. The molecule has 0 radical (unpaired) electrons. The monoisotopic (exact) mass is 405 g/mol. The van der Waals surface area contributed by atoms with Crippen molar-refractivity contribution in [3.63, 3.8) is 0 Å². The lowest BCUT2D eigenvalue weighted by molar-refractivity contribution is 0.0536. The van der Waals surface area contributed by atoms with E-state index in [9.17, 15) is 5.11 Å². The lowest BCUT2D eigenvalue weighted by Crippen LogP contribution is -2.29. The predicted molar refractivity (Wildman–Crippen MR) is 121 cm³/mol. The highest BCUT2D eigenvalue weighted by Crippen LogP contribution is 2.36. The number of aliphatic hydroxyl groups is 2. The molecule has 0 saturated heterocycles. The second-order valence-corrected chi connectivity index (χ2v) is 8.38. The molecule has 30 heavy (non-hydrogen) atoms. The number of rotatable bonds is 8. The van der Waals surface area contributed by atoms with E-state index in [0.29, 0.717) is 18.0 Å². The quantitative estimate of drug-likeness (QED) is 0.514. The number of hydrogen-bond acceptors (Lipinski definition) is 4. The van der Waals surface area contributed by atoms with Crippen LogP contribution in [0.3, 0.4) is 0 Å². The third-order valence-electron chi connectivity index (χ3n) is 6.21. The molecule has 0 spiro atoms. The van der Waals surface area contributed by atoms with Gasteiger partial charge < -0.3 is 20.3 Å². The summed E-state index contributed by atoms with van der Waals surface area (Å²) in [6.07, 6.45) is 2.66. The Hall–Kier alpha value is -2.40. The average molecular weight is 406 g/mol. The van der Waals surface area contributed by atoms with Gasteiger partial charge in [-0.25, -0.2) is 0 Å². The van der Waals surface area contributed by atoms with Gasteiger partial charge in [-0.15, -0.1) is 0 Å². The van der Waals surface area contributed by atoms with Crippen LogP contribution in [0.5, 0.6) is 5.75 Å². The Morgan fingerprint density at radius 3 is 2.57 bits per heavy atom. The second-order valence-electron chi connectivity index (χ2n) is 8.38. The van der Waals surface area contributed by atoms with Crippen LogP contribution in [0.1, 0.15) is 49.3 Å². The molecule has 0 amide bonds. The van der Waals surface area contributed by atoms with Crippen LogP contribution in [0, 0.1) is 0 Å². The molecule has 1 aliphatic carbocycles. The Labute approximate surface area is 178 Å².